The Morgan fingerprint density at radius 2 is 1.77 bits per heavy atom. The fourth-order valence-electron chi connectivity index (χ4n) is 2.52. The third-order valence-electron chi connectivity index (χ3n) is 3.20. The lowest BCUT2D eigenvalue weighted by atomic mass is 10.3. The highest BCUT2D eigenvalue weighted by atomic mass is 32.1. The number of ether oxygens (including phenoxy) is 1. The van der Waals surface area contributed by atoms with Crippen molar-refractivity contribution in [2.75, 3.05) is 26.3 Å². The Balaban J connectivity index is 2.36. The molecule has 1 aliphatic heterocycles. The first-order valence-electron chi connectivity index (χ1n) is 7.74. The van der Waals surface area contributed by atoms with Crippen LogP contribution in [0.25, 0.3) is 0 Å². The van der Waals surface area contributed by atoms with Gasteiger partial charge in [-0.3, -0.25) is 9.46 Å². The minimum absolute atomic E-state index is 0.159. The van der Waals surface area contributed by atoms with Crippen LogP contribution in [0.5, 0.6) is 0 Å². The minimum atomic E-state index is -3.32. The van der Waals surface area contributed by atoms with Gasteiger partial charge in [-0.25, -0.2) is 0 Å². The lowest BCUT2D eigenvalue weighted by Crippen LogP contribution is -2.39. The summed E-state index contributed by atoms with van der Waals surface area (Å²) < 4.78 is 30.7. The molecule has 2 rings (SSSR count). The van der Waals surface area contributed by atoms with Crippen molar-refractivity contribution in [3.8, 4) is 0 Å². The van der Waals surface area contributed by atoms with Crippen molar-refractivity contribution >= 4 is 18.9 Å². The maximum Gasteiger partial charge on any atom is 0.353 e. The van der Waals surface area contributed by atoms with Crippen molar-refractivity contribution in [3.63, 3.8) is 0 Å². The van der Waals surface area contributed by atoms with Gasteiger partial charge in [-0.2, -0.15) is 0 Å². The van der Waals surface area contributed by atoms with Gasteiger partial charge in [0.25, 0.3) is 0 Å². The minimum Gasteiger partial charge on any atom is -0.379 e. The summed E-state index contributed by atoms with van der Waals surface area (Å²) in [6, 6.07) is 3.98. The lowest BCUT2D eigenvalue weighted by molar-refractivity contribution is 0.0205. The highest BCUT2D eigenvalue weighted by Gasteiger charge is 2.44. The predicted molar refractivity (Wildman–Crippen MR) is 89.5 cm³/mol. The van der Waals surface area contributed by atoms with Crippen LogP contribution in [0, 0.1) is 0 Å². The Hall–Kier alpha value is -0.230. The third-order valence-corrected chi connectivity index (χ3v) is 6.94. The number of thiophene rings is 1. The van der Waals surface area contributed by atoms with Crippen LogP contribution >= 0.6 is 18.9 Å². The van der Waals surface area contributed by atoms with E-state index in [1.54, 1.807) is 11.3 Å². The van der Waals surface area contributed by atoms with Gasteiger partial charge in [-0.15, -0.1) is 11.3 Å². The summed E-state index contributed by atoms with van der Waals surface area (Å²) in [5, 5.41) is 2.00. The van der Waals surface area contributed by atoms with Crippen molar-refractivity contribution in [2.24, 2.45) is 0 Å². The third kappa shape index (κ3) is 4.63. The van der Waals surface area contributed by atoms with Crippen LogP contribution in [0.15, 0.2) is 17.5 Å². The standard InChI is InChI=1S/C15H26NO4PS/c1-12(2)19-21(17,20-13(3)4)15(14-6-5-11-22-14)16-7-9-18-10-8-16/h5-6,11-13,15H,7-10H2,1-4H3. The van der Waals surface area contributed by atoms with Crippen LogP contribution in [0.4, 0.5) is 0 Å². The molecule has 0 saturated carbocycles. The Morgan fingerprint density at radius 1 is 1.18 bits per heavy atom. The molecule has 0 radical (unpaired) electrons. The zero-order valence-electron chi connectivity index (χ0n) is 13.7. The molecule has 126 valence electrons. The van der Waals surface area contributed by atoms with E-state index in [4.69, 9.17) is 13.8 Å². The highest BCUT2D eigenvalue weighted by Crippen LogP contribution is 2.64. The van der Waals surface area contributed by atoms with Gasteiger partial charge in [0, 0.05) is 18.0 Å². The highest BCUT2D eigenvalue weighted by molar-refractivity contribution is 7.54. The molecular formula is C15H26NO4PS. The van der Waals surface area contributed by atoms with Crippen molar-refractivity contribution in [1.29, 1.82) is 0 Å². The zero-order valence-corrected chi connectivity index (χ0v) is 15.4. The van der Waals surface area contributed by atoms with E-state index in [1.807, 2.05) is 45.2 Å². The first-order valence-corrected chi connectivity index (χ1v) is 10.2. The molecule has 2 heterocycles. The molecule has 1 aromatic heterocycles. The molecule has 0 aromatic carbocycles. The van der Waals surface area contributed by atoms with E-state index in [0.29, 0.717) is 13.2 Å². The largest absolute Gasteiger partial charge is 0.379 e. The Kier molecular flexibility index (Phi) is 6.62. The number of hydrogen-bond donors (Lipinski definition) is 0. The maximum atomic E-state index is 13.6. The fourth-order valence-corrected chi connectivity index (χ4v) is 6.32. The first-order chi connectivity index (χ1) is 10.4. The summed E-state index contributed by atoms with van der Waals surface area (Å²) in [6.45, 7) is 10.3. The van der Waals surface area contributed by atoms with Crippen LogP contribution < -0.4 is 0 Å². The molecule has 0 spiro atoms. The summed E-state index contributed by atoms with van der Waals surface area (Å²) in [5.41, 5.74) is 0. The molecule has 7 heteroatoms. The molecule has 0 N–H and O–H groups in total. The summed E-state index contributed by atoms with van der Waals surface area (Å²) in [7, 11) is -3.32. The molecule has 1 fully saturated rings. The Morgan fingerprint density at radius 3 is 2.23 bits per heavy atom. The van der Waals surface area contributed by atoms with E-state index in [9.17, 15) is 4.57 Å². The molecular weight excluding hydrogens is 321 g/mol. The van der Waals surface area contributed by atoms with Gasteiger partial charge < -0.3 is 13.8 Å². The van der Waals surface area contributed by atoms with Gasteiger partial charge in [0.1, 0.15) is 5.78 Å². The van der Waals surface area contributed by atoms with Gasteiger partial charge >= 0.3 is 7.60 Å². The molecule has 0 aliphatic carbocycles. The summed E-state index contributed by atoms with van der Waals surface area (Å²) >= 11 is 1.59. The van der Waals surface area contributed by atoms with E-state index >= 15 is 0 Å². The van der Waals surface area contributed by atoms with E-state index in [-0.39, 0.29) is 18.0 Å². The zero-order chi connectivity index (χ0) is 16.2. The van der Waals surface area contributed by atoms with Crippen molar-refractivity contribution in [1.82, 2.24) is 4.90 Å². The van der Waals surface area contributed by atoms with Crippen LogP contribution in [-0.2, 0) is 18.3 Å². The van der Waals surface area contributed by atoms with Crippen LogP contribution in [0.1, 0.15) is 38.4 Å². The van der Waals surface area contributed by atoms with Gasteiger partial charge in [-0.05, 0) is 39.1 Å². The second-order valence-electron chi connectivity index (χ2n) is 5.89. The smallest absolute Gasteiger partial charge is 0.353 e. The normalized spacial score (nSPS) is 19.0. The summed E-state index contributed by atoms with van der Waals surface area (Å²) in [4.78, 5) is 3.19. The number of hydrogen-bond acceptors (Lipinski definition) is 6. The Labute approximate surface area is 137 Å². The summed E-state index contributed by atoms with van der Waals surface area (Å²) in [5.74, 6) is -0.360. The number of rotatable bonds is 7. The fraction of sp³-hybridized carbons (Fsp3) is 0.733. The second-order valence-corrected chi connectivity index (χ2v) is 8.86. The second kappa shape index (κ2) is 8.04. The number of nitrogens with zero attached hydrogens (tertiary/aromatic N) is 1. The van der Waals surface area contributed by atoms with E-state index in [1.165, 1.54) is 0 Å². The predicted octanol–water partition coefficient (Wildman–Crippen LogP) is 4.12. The molecule has 1 saturated heterocycles. The van der Waals surface area contributed by atoms with Gasteiger partial charge in [-0.1, -0.05) is 6.07 Å². The van der Waals surface area contributed by atoms with Crippen LogP contribution in [0.2, 0.25) is 0 Å². The molecule has 1 aromatic rings. The average molecular weight is 347 g/mol. The number of morpholine rings is 1. The van der Waals surface area contributed by atoms with E-state index in [2.05, 4.69) is 4.90 Å². The lowest BCUT2D eigenvalue weighted by Gasteiger charge is -2.38. The maximum absolute atomic E-state index is 13.6. The monoisotopic (exact) mass is 347 g/mol. The molecule has 0 amide bonds. The molecule has 1 unspecified atom stereocenters. The van der Waals surface area contributed by atoms with Crippen LogP contribution in [0.3, 0.4) is 0 Å². The van der Waals surface area contributed by atoms with Gasteiger partial charge in [0.2, 0.25) is 0 Å². The molecule has 22 heavy (non-hydrogen) atoms. The molecule has 1 aliphatic rings. The Bertz CT molecular complexity index is 472. The topological polar surface area (TPSA) is 48.0 Å². The quantitative estimate of drug-likeness (QED) is 0.694. The SMILES string of the molecule is CC(C)OP(=O)(OC(C)C)C(c1cccs1)N1CCOCC1. The van der Waals surface area contributed by atoms with Crippen LogP contribution in [-0.4, -0.2) is 43.4 Å². The average Bonchev–Trinajstić information content (AvgIpc) is 2.91. The van der Waals surface area contributed by atoms with Crippen molar-refractivity contribution in [2.45, 2.75) is 45.7 Å². The molecule has 5 nitrogen and oxygen atoms in total. The molecule has 0 bridgehead atoms. The first kappa shape index (κ1) is 18.1. The van der Waals surface area contributed by atoms with Gasteiger partial charge in [0.15, 0.2) is 0 Å². The van der Waals surface area contributed by atoms with E-state index < -0.39 is 7.60 Å². The van der Waals surface area contributed by atoms with Gasteiger partial charge in [0.05, 0.1) is 25.4 Å². The molecule has 1 atom stereocenters. The van der Waals surface area contributed by atoms with Crippen molar-refractivity contribution in [3.05, 3.63) is 22.4 Å². The summed E-state index contributed by atoms with van der Waals surface area (Å²) in [6.07, 6.45) is -0.318. The van der Waals surface area contributed by atoms with Crippen molar-refractivity contribution < 1.29 is 18.3 Å². The van der Waals surface area contributed by atoms with E-state index in [0.717, 1.165) is 18.0 Å².